The fraction of sp³-hybridized carbons (Fsp3) is 0.125. The van der Waals surface area contributed by atoms with Gasteiger partial charge in [0.25, 0.3) is 0 Å². The third-order valence-corrected chi connectivity index (χ3v) is 7.15. The van der Waals surface area contributed by atoms with Crippen molar-refractivity contribution in [3.63, 3.8) is 0 Å². The van der Waals surface area contributed by atoms with E-state index < -0.39 is 10.0 Å². The first-order chi connectivity index (χ1) is 12.5. The Labute approximate surface area is 163 Å². The van der Waals surface area contributed by atoms with Gasteiger partial charge in [-0.3, -0.25) is 0 Å². The first kappa shape index (κ1) is 17.6. The van der Waals surface area contributed by atoms with Crippen molar-refractivity contribution in [3.05, 3.63) is 57.9 Å². The summed E-state index contributed by atoms with van der Waals surface area (Å²) in [5, 5.41) is 8.96. The fourth-order valence-corrected chi connectivity index (χ4v) is 5.08. The molecule has 0 aliphatic carbocycles. The maximum absolute atomic E-state index is 12.3. The molecule has 0 bridgehead atoms. The Kier molecular flexibility index (Phi) is 4.80. The fourth-order valence-electron chi connectivity index (χ4n) is 2.42. The molecule has 134 valence electrons. The van der Waals surface area contributed by atoms with Gasteiger partial charge in [0.2, 0.25) is 15.0 Å². The Morgan fingerprint density at radius 1 is 1.15 bits per heavy atom. The van der Waals surface area contributed by atoms with Crippen molar-refractivity contribution < 1.29 is 8.42 Å². The minimum absolute atomic E-state index is 0.193. The molecule has 0 radical (unpaired) electrons. The van der Waals surface area contributed by atoms with Gasteiger partial charge in [0.05, 0.1) is 15.5 Å². The maximum atomic E-state index is 12.3. The number of fused-ring (bicyclic) bond motifs is 1. The topological polar surface area (TPSA) is 76.4 Å². The van der Waals surface area contributed by atoms with Crippen LogP contribution >= 0.6 is 34.3 Å². The van der Waals surface area contributed by atoms with E-state index in [2.05, 4.69) is 14.8 Å². The number of thiazole rings is 1. The van der Waals surface area contributed by atoms with Crippen molar-refractivity contribution in [2.75, 3.05) is 6.54 Å². The first-order valence-corrected chi connectivity index (χ1v) is 11.3. The lowest BCUT2D eigenvalue weighted by Crippen LogP contribution is -2.26. The average molecular weight is 425 g/mol. The van der Waals surface area contributed by atoms with E-state index in [4.69, 9.17) is 11.6 Å². The lowest BCUT2D eigenvalue weighted by atomic mass is 10.3. The molecule has 0 atom stereocenters. The Balaban J connectivity index is 1.47. The summed E-state index contributed by atoms with van der Waals surface area (Å²) in [5.41, 5.74) is 0.916. The monoisotopic (exact) mass is 424 g/mol. The number of aromatic nitrogens is 3. The van der Waals surface area contributed by atoms with Crippen LogP contribution in [-0.2, 0) is 16.4 Å². The molecule has 0 spiro atoms. The van der Waals surface area contributed by atoms with Crippen LogP contribution in [0.5, 0.6) is 0 Å². The molecule has 3 aromatic heterocycles. The van der Waals surface area contributed by atoms with Gasteiger partial charge in [-0.05, 0) is 35.7 Å². The van der Waals surface area contributed by atoms with E-state index in [9.17, 15) is 8.42 Å². The molecule has 10 heteroatoms. The smallest absolute Gasteiger partial charge is 0.211 e. The van der Waals surface area contributed by atoms with Crippen molar-refractivity contribution in [1.82, 2.24) is 19.3 Å². The van der Waals surface area contributed by atoms with E-state index in [1.807, 2.05) is 22.9 Å². The SMILES string of the molecule is O=S(=O)(NCCc1csc2nc(-c3cccs3)nn12)c1ccc(Cl)cc1. The van der Waals surface area contributed by atoms with E-state index in [0.29, 0.717) is 17.3 Å². The quantitative estimate of drug-likeness (QED) is 0.512. The highest BCUT2D eigenvalue weighted by Gasteiger charge is 2.15. The summed E-state index contributed by atoms with van der Waals surface area (Å²) in [4.78, 5) is 6.52. The Hall–Kier alpha value is -1.78. The van der Waals surface area contributed by atoms with E-state index >= 15 is 0 Å². The van der Waals surface area contributed by atoms with Gasteiger partial charge < -0.3 is 0 Å². The molecule has 4 rings (SSSR count). The van der Waals surface area contributed by atoms with Crippen LogP contribution in [0.2, 0.25) is 5.02 Å². The van der Waals surface area contributed by atoms with Crippen LogP contribution in [0.25, 0.3) is 15.7 Å². The predicted octanol–water partition coefficient (Wildman–Crippen LogP) is 3.69. The Morgan fingerprint density at radius 2 is 1.96 bits per heavy atom. The Bertz CT molecular complexity index is 1130. The largest absolute Gasteiger partial charge is 0.240 e. The highest BCUT2D eigenvalue weighted by Crippen LogP contribution is 2.24. The number of hydrogen-bond donors (Lipinski definition) is 1. The molecule has 0 fully saturated rings. The van der Waals surface area contributed by atoms with Crippen molar-refractivity contribution in [1.29, 1.82) is 0 Å². The second kappa shape index (κ2) is 7.09. The summed E-state index contributed by atoms with van der Waals surface area (Å²) >= 11 is 8.87. The van der Waals surface area contributed by atoms with Crippen molar-refractivity contribution in [2.24, 2.45) is 0 Å². The molecule has 26 heavy (non-hydrogen) atoms. The van der Waals surface area contributed by atoms with Gasteiger partial charge in [0, 0.05) is 23.4 Å². The molecule has 1 aromatic carbocycles. The number of rotatable bonds is 6. The number of nitrogens with one attached hydrogen (secondary N) is 1. The number of sulfonamides is 1. The van der Waals surface area contributed by atoms with Crippen LogP contribution in [0.3, 0.4) is 0 Å². The van der Waals surface area contributed by atoms with Crippen LogP contribution < -0.4 is 4.72 Å². The summed E-state index contributed by atoms with van der Waals surface area (Å²) in [5.74, 6) is 0.690. The van der Waals surface area contributed by atoms with Crippen molar-refractivity contribution in [2.45, 2.75) is 11.3 Å². The molecule has 6 nitrogen and oxygen atoms in total. The summed E-state index contributed by atoms with van der Waals surface area (Å²) in [6.45, 7) is 0.269. The van der Waals surface area contributed by atoms with Gasteiger partial charge >= 0.3 is 0 Å². The highest BCUT2D eigenvalue weighted by molar-refractivity contribution is 7.89. The first-order valence-electron chi connectivity index (χ1n) is 7.65. The molecule has 0 aliphatic rings. The molecular formula is C16H13ClN4O2S3. The van der Waals surface area contributed by atoms with E-state index in [0.717, 1.165) is 15.5 Å². The Morgan fingerprint density at radius 3 is 2.69 bits per heavy atom. The van der Waals surface area contributed by atoms with Crippen LogP contribution in [-0.4, -0.2) is 29.6 Å². The summed E-state index contributed by atoms with van der Waals surface area (Å²) in [6, 6.07) is 10.0. The number of hydrogen-bond acceptors (Lipinski definition) is 6. The molecule has 0 amide bonds. The van der Waals surface area contributed by atoms with E-state index in [-0.39, 0.29) is 11.4 Å². The van der Waals surface area contributed by atoms with Gasteiger partial charge in [0.15, 0.2) is 5.82 Å². The number of halogens is 1. The zero-order valence-corrected chi connectivity index (χ0v) is 16.5. The van der Waals surface area contributed by atoms with Gasteiger partial charge in [-0.15, -0.1) is 27.8 Å². The number of benzene rings is 1. The zero-order valence-electron chi connectivity index (χ0n) is 13.3. The van der Waals surface area contributed by atoms with Crippen LogP contribution in [0.4, 0.5) is 0 Å². The van der Waals surface area contributed by atoms with Gasteiger partial charge in [-0.2, -0.15) is 4.98 Å². The van der Waals surface area contributed by atoms with Crippen LogP contribution in [0.1, 0.15) is 5.69 Å². The van der Waals surface area contributed by atoms with Crippen molar-refractivity contribution >= 4 is 49.3 Å². The number of thiophene rings is 1. The zero-order chi connectivity index (χ0) is 18.1. The molecule has 1 N–H and O–H groups in total. The summed E-state index contributed by atoms with van der Waals surface area (Å²) in [6.07, 6.45) is 0.514. The molecule has 0 aliphatic heterocycles. The predicted molar refractivity (Wildman–Crippen MR) is 105 cm³/mol. The van der Waals surface area contributed by atoms with E-state index in [1.54, 1.807) is 28.0 Å². The maximum Gasteiger partial charge on any atom is 0.240 e. The molecule has 0 unspecified atom stereocenters. The normalized spacial score (nSPS) is 12.0. The third kappa shape index (κ3) is 3.53. The van der Waals surface area contributed by atoms with E-state index in [1.165, 1.54) is 23.5 Å². The van der Waals surface area contributed by atoms with Gasteiger partial charge in [-0.25, -0.2) is 17.7 Å². The molecule has 4 aromatic rings. The molecule has 3 heterocycles. The standard InChI is InChI=1S/C16H13ClN4O2S3/c17-11-3-5-13(6-4-11)26(22,23)18-8-7-12-10-25-16-19-15(20-21(12)16)14-2-1-9-24-14/h1-6,9-10,18H,7-8H2. The molecule has 0 saturated heterocycles. The minimum Gasteiger partial charge on any atom is -0.211 e. The van der Waals surface area contributed by atoms with Crippen LogP contribution in [0, 0.1) is 0 Å². The minimum atomic E-state index is -3.56. The second-order valence-corrected chi connectivity index (χ2v) is 9.42. The average Bonchev–Trinajstić information content (AvgIpc) is 3.32. The second-order valence-electron chi connectivity index (χ2n) is 5.44. The lowest BCUT2D eigenvalue weighted by Gasteiger charge is -2.06. The van der Waals surface area contributed by atoms with Crippen LogP contribution in [0.15, 0.2) is 52.1 Å². The lowest BCUT2D eigenvalue weighted by molar-refractivity contribution is 0.581. The van der Waals surface area contributed by atoms with Gasteiger partial charge in [-0.1, -0.05) is 17.7 Å². The van der Waals surface area contributed by atoms with Crippen molar-refractivity contribution in [3.8, 4) is 10.7 Å². The number of nitrogens with zero attached hydrogens (tertiary/aromatic N) is 3. The summed E-state index contributed by atoms with van der Waals surface area (Å²) < 4.78 is 29.0. The molecule has 0 saturated carbocycles. The van der Waals surface area contributed by atoms with Gasteiger partial charge in [0.1, 0.15) is 0 Å². The third-order valence-electron chi connectivity index (χ3n) is 3.69. The summed E-state index contributed by atoms with van der Waals surface area (Å²) in [7, 11) is -3.56. The highest BCUT2D eigenvalue weighted by atomic mass is 35.5. The molecular weight excluding hydrogens is 412 g/mol.